The van der Waals surface area contributed by atoms with Crippen LogP contribution in [-0.2, 0) is 14.3 Å². The number of benzene rings is 1. The third kappa shape index (κ3) is 2.54. The van der Waals surface area contributed by atoms with Gasteiger partial charge in [-0.3, -0.25) is 0 Å². The Balaban J connectivity index is 2.34. The van der Waals surface area contributed by atoms with Crippen LogP contribution in [-0.4, -0.2) is 27.0 Å². The molecule has 0 saturated carbocycles. The average Bonchev–Trinajstić information content (AvgIpc) is 2.24. The van der Waals surface area contributed by atoms with Crippen LogP contribution in [0.1, 0.15) is 6.92 Å². The number of anilines is 1. The summed E-state index contributed by atoms with van der Waals surface area (Å²) in [5.74, 6) is -2.65. The maximum absolute atomic E-state index is 13.5. The summed E-state index contributed by atoms with van der Waals surface area (Å²) >= 11 is 0. The molecule has 0 amide bonds. The van der Waals surface area contributed by atoms with Gasteiger partial charge in [-0.1, -0.05) is 0 Å². The van der Waals surface area contributed by atoms with Crippen molar-refractivity contribution in [3.8, 4) is 5.75 Å². The van der Waals surface area contributed by atoms with Crippen molar-refractivity contribution in [3.63, 3.8) is 0 Å². The van der Waals surface area contributed by atoms with Gasteiger partial charge in [0.15, 0.2) is 11.6 Å². The van der Waals surface area contributed by atoms with Crippen LogP contribution < -0.4 is 10.1 Å². The molecule has 0 spiro atoms. The SMILES string of the molecule is C[C@@H]1Nc2ccc(F)c(F)c2OC1OS(C)(=O)=O. The smallest absolute Gasteiger partial charge is 0.267 e. The fraction of sp³-hybridized carbons (Fsp3) is 0.400. The molecule has 1 heterocycles. The van der Waals surface area contributed by atoms with Crippen molar-refractivity contribution >= 4 is 15.8 Å². The van der Waals surface area contributed by atoms with Gasteiger partial charge in [-0.15, -0.1) is 0 Å². The molecular weight excluding hydrogens is 268 g/mol. The second-order valence-corrected chi connectivity index (χ2v) is 5.56. The molecular formula is C10H11F2NO4S. The Kier molecular flexibility index (Phi) is 3.16. The third-order valence-corrected chi connectivity index (χ3v) is 2.88. The van der Waals surface area contributed by atoms with Crippen LogP contribution in [0.15, 0.2) is 12.1 Å². The number of hydrogen-bond acceptors (Lipinski definition) is 5. The van der Waals surface area contributed by atoms with Crippen LogP contribution in [0.5, 0.6) is 5.75 Å². The van der Waals surface area contributed by atoms with E-state index in [1.165, 1.54) is 6.07 Å². The lowest BCUT2D eigenvalue weighted by Gasteiger charge is -2.31. The molecule has 1 aromatic carbocycles. The van der Waals surface area contributed by atoms with Crippen molar-refractivity contribution in [2.45, 2.75) is 19.3 Å². The molecule has 1 aromatic rings. The highest BCUT2D eigenvalue weighted by molar-refractivity contribution is 7.86. The van der Waals surface area contributed by atoms with Crippen LogP contribution >= 0.6 is 0 Å². The van der Waals surface area contributed by atoms with Gasteiger partial charge in [0.2, 0.25) is 12.1 Å². The summed E-state index contributed by atoms with van der Waals surface area (Å²) in [5, 5.41) is 2.78. The van der Waals surface area contributed by atoms with Crippen molar-refractivity contribution in [2.75, 3.05) is 11.6 Å². The second kappa shape index (κ2) is 4.36. The quantitative estimate of drug-likeness (QED) is 0.830. The van der Waals surface area contributed by atoms with Crippen LogP contribution in [0.3, 0.4) is 0 Å². The molecule has 1 unspecified atom stereocenters. The van der Waals surface area contributed by atoms with Crippen molar-refractivity contribution in [3.05, 3.63) is 23.8 Å². The van der Waals surface area contributed by atoms with Crippen LogP contribution in [0, 0.1) is 11.6 Å². The summed E-state index contributed by atoms with van der Waals surface area (Å²) in [6.07, 6.45) is -0.399. The maximum atomic E-state index is 13.5. The molecule has 0 saturated heterocycles. The molecule has 2 atom stereocenters. The molecule has 2 rings (SSSR count). The molecule has 100 valence electrons. The fourth-order valence-corrected chi connectivity index (χ4v) is 2.12. The highest BCUT2D eigenvalue weighted by atomic mass is 32.2. The van der Waals surface area contributed by atoms with E-state index in [9.17, 15) is 17.2 Å². The minimum atomic E-state index is -3.76. The van der Waals surface area contributed by atoms with Crippen LogP contribution in [0.4, 0.5) is 14.5 Å². The Bertz CT molecular complexity index is 575. The van der Waals surface area contributed by atoms with Gasteiger partial charge in [-0.05, 0) is 19.1 Å². The van der Waals surface area contributed by atoms with Gasteiger partial charge < -0.3 is 10.1 Å². The maximum Gasteiger partial charge on any atom is 0.267 e. The van der Waals surface area contributed by atoms with E-state index in [-0.39, 0.29) is 11.4 Å². The molecule has 1 N–H and O–H groups in total. The number of rotatable bonds is 2. The minimum absolute atomic E-state index is 0.245. The predicted octanol–water partition coefficient (Wildman–Crippen LogP) is 1.46. The van der Waals surface area contributed by atoms with Crippen molar-refractivity contribution in [1.29, 1.82) is 0 Å². The average molecular weight is 279 g/mol. The van der Waals surface area contributed by atoms with Crippen LogP contribution in [0.25, 0.3) is 0 Å². The van der Waals surface area contributed by atoms with Gasteiger partial charge in [0.05, 0.1) is 18.0 Å². The van der Waals surface area contributed by atoms with E-state index in [1.54, 1.807) is 6.92 Å². The van der Waals surface area contributed by atoms with Gasteiger partial charge in [0.25, 0.3) is 10.1 Å². The molecule has 5 nitrogen and oxygen atoms in total. The molecule has 1 aliphatic heterocycles. The summed E-state index contributed by atoms with van der Waals surface area (Å²) < 4.78 is 58.2. The van der Waals surface area contributed by atoms with Crippen molar-refractivity contribution < 1.29 is 26.1 Å². The van der Waals surface area contributed by atoms with E-state index in [0.717, 1.165) is 12.3 Å². The first-order chi connectivity index (χ1) is 8.28. The zero-order chi connectivity index (χ0) is 13.5. The predicted molar refractivity (Wildman–Crippen MR) is 59.8 cm³/mol. The van der Waals surface area contributed by atoms with Gasteiger partial charge in [0, 0.05) is 0 Å². The van der Waals surface area contributed by atoms with Crippen molar-refractivity contribution in [1.82, 2.24) is 0 Å². The highest BCUT2D eigenvalue weighted by Crippen LogP contribution is 2.35. The Hall–Kier alpha value is -1.41. The fourth-order valence-electron chi connectivity index (χ4n) is 1.57. The monoisotopic (exact) mass is 279 g/mol. The Morgan fingerprint density at radius 2 is 2.06 bits per heavy atom. The van der Waals surface area contributed by atoms with E-state index in [1.807, 2.05) is 0 Å². The summed E-state index contributed by atoms with van der Waals surface area (Å²) in [4.78, 5) is 0. The standard InChI is InChI=1S/C10H11F2NO4S/c1-5-10(17-18(2,14)15)16-9-7(13-5)4-3-6(11)8(9)12/h3-5,10,13H,1-2H3/t5-,10?/m0/s1. The summed E-state index contributed by atoms with van der Waals surface area (Å²) in [6.45, 7) is 1.60. The zero-order valence-electron chi connectivity index (χ0n) is 9.61. The van der Waals surface area contributed by atoms with E-state index in [2.05, 4.69) is 9.50 Å². The topological polar surface area (TPSA) is 64.6 Å². The molecule has 1 aliphatic rings. The number of fused-ring (bicyclic) bond motifs is 1. The lowest BCUT2D eigenvalue weighted by Crippen LogP contribution is -2.42. The molecule has 0 aromatic heterocycles. The molecule has 0 aliphatic carbocycles. The van der Waals surface area contributed by atoms with Gasteiger partial charge in [0.1, 0.15) is 0 Å². The van der Waals surface area contributed by atoms with Crippen LogP contribution in [0.2, 0.25) is 0 Å². The third-order valence-electron chi connectivity index (χ3n) is 2.35. The van der Waals surface area contributed by atoms with Gasteiger partial charge >= 0.3 is 0 Å². The Morgan fingerprint density at radius 1 is 1.39 bits per heavy atom. The largest absolute Gasteiger partial charge is 0.456 e. The second-order valence-electron chi connectivity index (χ2n) is 3.96. The normalized spacial score (nSPS) is 22.9. The van der Waals surface area contributed by atoms with E-state index in [0.29, 0.717) is 0 Å². The number of nitrogens with one attached hydrogen (secondary N) is 1. The van der Waals surface area contributed by atoms with E-state index in [4.69, 9.17) is 4.74 Å². The van der Waals surface area contributed by atoms with Gasteiger partial charge in [-0.25, -0.2) is 8.57 Å². The molecule has 0 bridgehead atoms. The first-order valence-corrected chi connectivity index (χ1v) is 6.89. The first-order valence-electron chi connectivity index (χ1n) is 5.07. The summed E-state index contributed by atoms with van der Waals surface area (Å²) in [5.41, 5.74) is 0.245. The number of ether oxygens (including phenoxy) is 1. The first kappa shape index (κ1) is 13.0. The summed E-state index contributed by atoms with van der Waals surface area (Å²) in [6, 6.07) is 1.73. The lowest BCUT2D eigenvalue weighted by molar-refractivity contribution is -0.00793. The highest BCUT2D eigenvalue weighted by Gasteiger charge is 2.32. The Labute approximate surface area is 103 Å². The molecule has 8 heteroatoms. The summed E-state index contributed by atoms with van der Waals surface area (Å²) in [7, 11) is -3.76. The minimum Gasteiger partial charge on any atom is -0.456 e. The van der Waals surface area contributed by atoms with Crippen molar-refractivity contribution in [2.24, 2.45) is 0 Å². The van der Waals surface area contributed by atoms with Gasteiger partial charge in [-0.2, -0.15) is 12.8 Å². The molecule has 0 fully saturated rings. The molecule has 18 heavy (non-hydrogen) atoms. The number of halogens is 2. The van der Waals surface area contributed by atoms with E-state index >= 15 is 0 Å². The zero-order valence-corrected chi connectivity index (χ0v) is 10.4. The molecule has 0 radical (unpaired) electrons. The lowest BCUT2D eigenvalue weighted by atomic mass is 10.2. The van der Waals surface area contributed by atoms with E-state index < -0.39 is 34.1 Å². The Morgan fingerprint density at radius 3 is 2.67 bits per heavy atom. The number of hydrogen-bond donors (Lipinski definition) is 1.